The van der Waals surface area contributed by atoms with Gasteiger partial charge < -0.3 is 15.5 Å². The Balaban J connectivity index is 2.15. The van der Waals surface area contributed by atoms with Gasteiger partial charge in [-0.25, -0.2) is 0 Å². The van der Waals surface area contributed by atoms with Crippen LogP contribution in [0.4, 0.5) is 17.1 Å². The number of hydrogen-bond donors (Lipinski definition) is 1. The fourth-order valence-electron chi connectivity index (χ4n) is 3.65. The van der Waals surface area contributed by atoms with Gasteiger partial charge in [0.2, 0.25) is 0 Å². The number of nitrogens with two attached hydrogens (primary N) is 1. The molecule has 0 aromatic heterocycles. The maximum atomic E-state index is 6.16. The van der Waals surface area contributed by atoms with Gasteiger partial charge in [-0.1, -0.05) is 30.3 Å². The maximum Gasteiger partial charge on any atom is 0.0361 e. The predicted molar refractivity (Wildman–Crippen MR) is 123 cm³/mol. The number of nitrogens with zero attached hydrogens (tertiary/aromatic N) is 2. The molecule has 3 heteroatoms. The first-order valence-corrected chi connectivity index (χ1v) is 9.69. The summed E-state index contributed by atoms with van der Waals surface area (Å²) >= 11 is 0. The SMILES string of the molecule is Cc1cc(C(c2ccc(N(C)C)cc2)c2ccc(N(C)C)cc2)c(C)cc1N. The van der Waals surface area contributed by atoms with Crippen molar-refractivity contribution in [3.8, 4) is 0 Å². The molecule has 3 nitrogen and oxygen atoms in total. The summed E-state index contributed by atoms with van der Waals surface area (Å²) in [5.74, 6) is 0.173. The average molecular weight is 374 g/mol. The average Bonchev–Trinajstić information content (AvgIpc) is 2.67. The zero-order valence-electron chi connectivity index (χ0n) is 17.8. The molecule has 0 unspecified atom stereocenters. The molecule has 3 rings (SSSR count). The maximum absolute atomic E-state index is 6.16. The molecule has 146 valence electrons. The second-order valence-electron chi connectivity index (χ2n) is 7.97. The van der Waals surface area contributed by atoms with Crippen LogP contribution in [0.25, 0.3) is 0 Å². The van der Waals surface area contributed by atoms with Crippen molar-refractivity contribution in [1.82, 2.24) is 0 Å². The molecule has 0 amide bonds. The highest BCUT2D eigenvalue weighted by molar-refractivity contribution is 5.58. The van der Waals surface area contributed by atoms with Gasteiger partial charge in [-0.3, -0.25) is 0 Å². The van der Waals surface area contributed by atoms with Gasteiger partial charge in [-0.2, -0.15) is 0 Å². The lowest BCUT2D eigenvalue weighted by molar-refractivity contribution is 0.957. The summed E-state index contributed by atoms with van der Waals surface area (Å²) < 4.78 is 0. The minimum Gasteiger partial charge on any atom is -0.399 e. The quantitative estimate of drug-likeness (QED) is 0.493. The molecule has 0 spiro atoms. The number of rotatable bonds is 5. The zero-order chi connectivity index (χ0) is 20.4. The van der Waals surface area contributed by atoms with Gasteiger partial charge in [-0.15, -0.1) is 0 Å². The lowest BCUT2D eigenvalue weighted by Gasteiger charge is -2.24. The van der Waals surface area contributed by atoms with Gasteiger partial charge in [0.1, 0.15) is 0 Å². The Bertz CT molecular complexity index is 887. The van der Waals surface area contributed by atoms with E-state index in [1.54, 1.807) is 0 Å². The van der Waals surface area contributed by atoms with Crippen LogP contribution < -0.4 is 15.5 Å². The molecule has 3 aromatic carbocycles. The van der Waals surface area contributed by atoms with Crippen LogP contribution >= 0.6 is 0 Å². The minimum atomic E-state index is 0.173. The fraction of sp³-hybridized carbons (Fsp3) is 0.280. The molecule has 0 heterocycles. The van der Waals surface area contributed by atoms with Crippen molar-refractivity contribution in [3.05, 3.63) is 88.5 Å². The molecule has 0 aliphatic carbocycles. The Labute approximate surface area is 169 Å². The highest BCUT2D eigenvalue weighted by Gasteiger charge is 2.20. The van der Waals surface area contributed by atoms with Crippen LogP contribution in [-0.4, -0.2) is 28.2 Å². The molecule has 3 aromatic rings. The largest absolute Gasteiger partial charge is 0.399 e. The van der Waals surface area contributed by atoms with Crippen LogP contribution in [-0.2, 0) is 0 Å². The van der Waals surface area contributed by atoms with Gasteiger partial charge in [0.25, 0.3) is 0 Å². The van der Waals surface area contributed by atoms with Crippen LogP contribution in [0.2, 0.25) is 0 Å². The summed E-state index contributed by atoms with van der Waals surface area (Å²) in [7, 11) is 8.28. The summed E-state index contributed by atoms with van der Waals surface area (Å²) in [4.78, 5) is 4.26. The van der Waals surface area contributed by atoms with Crippen LogP contribution in [0.5, 0.6) is 0 Å². The lowest BCUT2D eigenvalue weighted by Crippen LogP contribution is -2.11. The minimum absolute atomic E-state index is 0.173. The second kappa shape index (κ2) is 7.97. The van der Waals surface area contributed by atoms with E-state index >= 15 is 0 Å². The lowest BCUT2D eigenvalue weighted by atomic mass is 9.82. The first kappa shape index (κ1) is 19.8. The third-order valence-electron chi connectivity index (χ3n) is 5.45. The van der Waals surface area contributed by atoms with Gasteiger partial charge in [0.15, 0.2) is 0 Å². The van der Waals surface area contributed by atoms with E-state index in [9.17, 15) is 0 Å². The van der Waals surface area contributed by atoms with E-state index in [1.165, 1.54) is 33.6 Å². The standard InChI is InChI=1S/C25H31N3/c1-17-16-24(26)18(2)15-23(17)25(19-7-11-21(12-8-19)27(3)4)20-9-13-22(14-10-20)28(5)6/h7-16,25H,26H2,1-6H3. The van der Waals surface area contributed by atoms with Crippen molar-refractivity contribution in [3.63, 3.8) is 0 Å². The third-order valence-corrected chi connectivity index (χ3v) is 5.45. The molecule has 0 fully saturated rings. The monoisotopic (exact) mass is 373 g/mol. The third kappa shape index (κ3) is 3.99. The van der Waals surface area contributed by atoms with Crippen molar-refractivity contribution in [2.45, 2.75) is 19.8 Å². The first-order chi connectivity index (χ1) is 13.3. The van der Waals surface area contributed by atoms with Crippen molar-refractivity contribution in [2.24, 2.45) is 0 Å². The van der Waals surface area contributed by atoms with Crippen LogP contribution in [0.15, 0.2) is 60.7 Å². The van der Waals surface area contributed by atoms with E-state index in [2.05, 4.69) is 113 Å². The summed E-state index contributed by atoms with van der Waals surface area (Å²) in [6.45, 7) is 4.24. The van der Waals surface area contributed by atoms with E-state index in [0.29, 0.717) is 0 Å². The predicted octanol–water partition coefficient (Wildman–Crippen LogP) is 5.20. The van der Waals surface area contributed by atoms with Crippen LogP contribution in [0.3, 0.4) is 0 Å². The van der Waals surface area contributed by atoms with E-state index in [1.807, 2.05) is 0 Å². The van der Waals surface area contributed by atoms with Crippen molar-refractivity contribution in [2.75, 3.05) is 43.7 Å². The summed E-state index contributed by atoms with van der Waals surface area (Å²) in [6.07, 6.45) is 0. The topological polar surface area (TPSA) is 32.5 Å². The molecular weight excluding hydrogens is 342 g/mol. The molecular formula is C25H31N3. The smallest absolute Gasteiger partial charge is 0.0361 e. The summed E-state index contributed by atoms with van der Waals surface area (Å²) in [5, 5.41) is 0. The Morgan fingerprint density at radius 1 is 0.643 bits per heavy atom. The Morgan fingerprint density at radius 2 is 1.07 bits per heavy atom. The van der Waals surface area contributed by atoms with Crippen LogP contribution in [0, 0.1) is 13.8 Å². The highest BCUT2D eigenvalue weighted by Crippen LogP contribution is 2.36. The van der Waals surface area contributed by atoms with Crippen molar-refractivity contribution < 1.29 is 0 Å². The Hall–Kier alpha value is -2.94. The van der Waals surface area contributed by atoms with E-state index < -0.39 is 0 Å². The molecule has 2 N–H and O–H groups in total. The fourth-order valence-corrected chi connectivity index (χ4v) is 3.65. The van der Waals surface area contributed by atoms with Crippen molar-refractivity contribution >= 4 is 17.1 Å². The van der Waals surface area contributed by atoms with Gasteiger partial charge in [0.05, 0.1) is 0 Å². The molecule has 0 saturated heterocycles. The molecule has 0 radical (unpaired) electrons. The molecule has 0 bridgehead atoms. The summed E-state index contributed by atoms with van der Waals surface area (Å²) in [6, 6.07) is 22.1. The molecule has 0 aliphatic rings. The molecule has 28 heavy (non-hydrogen) atoms. The molecule has 0 aliphatic heterocycles. The van der Waals surface area contributed by atoms with Gasteiger partial charge in [-0.05, 0) is 72.0 Å². The van der Waals surface area contributed by atoms with Crippen molar-refractivity contribution in [1.29, 1.82) is 0 Å². The number of aryl methyl sites for hydroxylation is 2. The first-order valence-electron chi connectivity index (χ1n) is 9.69. The Kier molecular flexibility index (Phi) is 5.64. The highest BCUT2D eigenvalue weighted by atomic mass is 15.1. The number of nitrogen functional groups attached to an aromatic ring is 1. The van der Waals surface area contributed by atoms with Crippen LogP contribution in [0.1, 0.15) is 33.7 Å². The van der Waals surface area contributed by atoms with E-state index in [-0.39, 0.29) is 5.92 Å². The Morgan fingerprint density at radius 3 is 1.46 bits per heavy atom. The molecule has 0 atom stereocenters. The van der Waals surface area contributed by atoms with E-state index in [4.69, 9.17) is 5.73 Å². The number of anilines is 3. The van der Waals surface area contributed by atoms with Gasteiger partial charge >= 0.3 is 0 Å². The number of benzene rings is 3. The second-order valence-corrected chi connectivity index (χ2v) is 7.97. The van der Waals surface area contributed by atoms with Gasteiger partial charge in [0, 0.05) is 51.2 Å². The van der Waals surface area contributed by atoms with E-state index in [0.717, 1.165) is 11.3 Å². The summed E-state index contributed by atoms with van der Waals surface area (Å²) in [5.41, 5.74) is 15.7. The molecule has 0 saturated carbocycles. The number of hydrogen-bond acceptors (Lipinski definition) is 3. The zero-order valence-corrected chi connectivity index (χ0v) is 17.8. The normalized spacial score (nSPS) is 11.0.